The molecule has 0 aromatic carbocycles. The van der Waals surface area contributed by atoms with Gasteiger partial charge in [-0.25, -0.2) is 4.98 Å². The first kappa shape index (κ1) is 12.4. The van der Waals surface area contributed by atoms with Crippen LogP contribution in [0.25, 0.3) is 0 Å². The summed E-state index contributed by atoms with van der Waals surface area (Å²) in [5.74, 6) is 0.190. The molecule has 1 heterocycles. The fourth-order valence-electron chi connectivity index (χ4n) is 1.30. The molecule has 1 rings (SSSR count). The summed E-state index contributed by atoms with van der Waals surface area (Å²) >= 11 is 0. The standard InChI is InChI=1S/C11H17N3O2/c1-8(7-16-3)14(2)11(15)9-5-4-6-10(12)13-9/h4-6,8H,7H2,1-3H3,(H2,12,13). The Labute approximate surface area is 95.2 Å². The predicted molar refractivity (Wildman–Crippen MR) is 62.1 cm³/mol. The zero-order valence-corrected chi connectivity index (χ0v) is 9.80. The van der Waals surface area contributed by atoms with Gasteiger partial charge in [-0.05, 0) is 19.1 Å². The number of amides is 1. The maximum Gasteiger partial charge on any atom is 0.272 e. The Morgan fingerprint density at radius 2 is 2.31 bits per heavy atom. The Hall–Kier alpha value is -1.62. The van der Waals surface area contributed by atoms with E-state index in [2.05, 4.69) is 4.98 Å². The van der Waals surface area contributed by atoms with Gasteiger partial charge in [-0.2, -0.15) is 0 Å². The van der Waals surface area contributed by atoms with Crippen LogP contribution >= 0.6 is 0 Å². The molecular formula is C11H17N3O2. The van der Waals surface area contributed by atoms with Crippen molar-refractivity contribution >= 4 is 11.7 Å². The molecule has 1 amide bonds. The molecule has 0 saturated carbocycles. The van der Waals surface area contributed by atoms with E-state index in [1.165, 1.54) is 0 Å². The van der Waals surface area contributed by atoms with Gasteiger partial charge in [0.05, 0.1) is 12.6 Å². The molecule has 1 aromatic rings. The number of rotatable bonds is 4. The van der Waals surface area contributed by atoms with Crippen molar-refractivity contribution in [1.29, 1.82) is 0 Å². The van der Waals surface area contributed by atoms with E-state index in [9.17, 15) is 4.79 Å². The van der Waals surface area contributed by atoms with Crippen molar-refractivity contribution in [2.75, 3.05) is 26.5 Å². The molecule has 88 valence electrons. The summed E-state index contributed by atoms with van der Waals surface area (Å²) in [5, 5.41) is 0. The number of hydrogen-bond donors (Lipinski definition) is 1. The molecule has 5 heteroatoms. The third kappa shape index (κ3) is 2.93. The van der Waals surface area contributed by atoms with Gasteiger partial charge < -0.3 is 15.4 Å². The predicted octanol–water partition coefficient (Wildman–Crippen LogP) is 0.771. The summed E-state index contributed by atoms with van der Waals surface area (Å²) in [6, 6.07) is 5.01. The van der Waals surface area contributed by atoms with Crippen LogP contribution in [-0.4, -0.2) is 42.6 Å². The molecule has 1 atom stereocenters. The molecule has 1 unspecified atom stereocenters. The summed E-state index contributed by atoms with van der Waals surface area (Å²) in [4.78, 5) is 17.5. The summed E-state index contributed by atoms with van der Waals surface area (Å²) < 4.78 is 5.00. The van der Waals surface area contributed by atoms with E-state index in [0.29, 0.717) is 18.1 Å². The number of likely N-dealkylation sites (N-methyl/N-ethyl adjacent to an activating group) is 1. The van der Waals surface area contributed by atoms with Gasteiger partial charge >= 0.3 is 0 Å². The first-order chi connectivity index (χ1) is 7.56. The van der Waals surface area contributed by atoms with E-state index in [1.54, 1.807) is 37.3 Å². The summed E-state index contributed by atoms with van der Waals surface area (Å²) in [7, 11) is 3.32. The van der Waals surface area contributed by atoms with Gasteiger partial charge in [-0.3, -0.25) is 4.79 Å². The number of carbonyl (C=O) groups excluding carboxylic acids is 1. The van der Waals surface area contributed by atoms with Crippen molar-refractivity contribution in [3.05, 3.63) is 23.9 Å². The summed E-state index contributed by atoms with van der Waals surface area (Å²) in [6.07, 6.45) is 0. The number of aromatic nitrogens is 1. The Bertz CT molecular complexity index is 368. The van der Waals surface area contributed by atoms with Crippen LogP contribution in [0.3, 0.4) is 0 Å². The van der Waals surface area contributed by atoms with Crippen LogP contribution in [0, 0.1) is 0 Å². The van der Waals surface area contributed by atoms with Crippen LogP contribution in [0.1, 0.15) is 17.4 Å². The van der Waals surface area contributed by atoms with Crippen LogP contribution in [0.2, 0.25) is 0 Å². The molecule has 16 heavy (non-hydrogen) atoms. The van der Waals surface area contributed by atoms with E-state index >= 15 is 0 Å². The topological polar surface area (TPSA) is 68.5 Å². The molecule has 0 aliphatic rings. The van der Waals surface area contributed by atoms with Gasteiger partial charge in [0.2, 0.25) is 0 Å². The van der Waals surface area contributed by atoms with E-state index in [4.69, 9.17) is 10.5 Å². The normalized spacial score (nSPS) is 12.2. The minimum atomic E-state index is -0.156. The zero-order valence-electron chi connectivity index (χ0n) is 9.80. The molecule has 0 fully saturated rings. The van der Waals surface area contributed by atoms with Crippen LogP contribution in [0.5, 0.6) is 0 Å². The lowest BCUT2D eigenvalue weighted by atomic mass is 10.2. The SMILES string of the molecule is COCC(C)N(C)C(=O)c1cccc(N)n1. The smallest absolute Gasteiger partial charge is 0.272 e. The van der Waals surface area contributed by atoms with E-state index in [1.807, 2.05) is 6.92 Å². The third-order valence-electron chi connectivity index (χ3n) is 2.38. The molecule has 2 N–H and O–H groups in total. The molecule has 0 radical (unpaired) electrons. The van der Waals surface area contributed by atoms with Crippen molar-refractivity contribution in [3.8, 4) is 0 Å². The highest BCUT2D eigenvalue weighted by atomic mass is 16.5. The van der Waals surface area contributed by atoms with Crippen LogP contribution < -0.4 is 5.73 Å². The third-order valence-corrected chi connectivity index (χ3v) is 2.38. The van der Waals surface area contributed by atoms with Gasteiger partial charge in [-0.1, -0.05) is 6.07 Å². The van der Waals surface area contributed by atoms with Gasteiger partial charge in [-0.15, -0.1) is 0 Å². The quantitative estimate of drug-likeness (QED) is 0.818. The molecular weight excluding hydrogens is 206 g/mol. The van der Waals surface area contributed by atoms with E-state index in [-0.39, 0.29) is 11.9 Å². The van der Waals surface area contributed by atoms with Gasteiger partial charge in [0.1, 0.15) is 11.5 Å². The fraction of sp³-hybridized carbons (Fsp3) is 0.455. The molecule has 0 bridgehead atoms. The molecule has 0 saturated heterocycles. The second kappa shape index (κ2) is 5.46. The highest BCUT2D eigenvalue weighted by Gasteiger charge is 2.18. The highest BCUT2D eigenvalue weighted by molar-refractivity contribution is 5.92. The maximum absolute atomic E-state index is 12.0. The maximum atomic E-state index is 12.0. The monoisotopic (exact) mass is 223 g/mol. The number of nitrogen functional groups attached to an aromatic ring is 1. The average molecular weight is 223 g/mol. The fourth-order valence-corrected chi connectivity index (χ4v) is 1.30. The van der Waals surface area contributed by atoms with Crippen molar-refractivity contribution in [2.45, 2.75) is 13.0 Å². The molecule has 1 aromatic heterocycles. The van der Waals surface area contributed by atoms with Gasteiger partial charge in [0.25, 0.3) is 5.91 Å². The van der Waals surface area contributed by atoms with E-state index in [0.717, 1.165) is 0 Å². The minimum absolute atomic E-state index is 0.000676. The second-order valence-corrected chi connectivity index (χ2v) is 3.67. The Morgan fingerprint density at radius 1 is 1.62 bits per heavy atom. The van der Waals surface area contributed by atoms with Crippen molar-refractivity contribution in [3.63, 3.8) is 0 Å². The van der Waals surface area contributed by atoms with Gasteiger partial charge in [0, 0.05) is 14.2 Å². The number of ether oxygens (including phenoxy) is 1. The number of nitrogens with zero attached hydrogens (tertiary/aromatic N) is 2. The lowest BCUT2D eigenvalue weighted by Crippen LogP contribution is -2.38. The van der Waals surface area contributed by atoms with Crippen LogP contribution in [0.15, 0.2) is 18.2 Å². The summed E-state index contributed by atoms with van der Waals surface area (Å²) in [6.45, 7) is 2.40. The minimum Gasteiger partial charge on any atom is -0.384 e. The van der Waals surface area contributed by atoms with Crippen molar-refractivity contribution in [2.24, 2.45) is 0 Å². The first-order valence-electron chi connectivity index (χ1n) is 5.05. The number of anilines is 1. The lowest BCUT2D eigenvalue weighted by Gasteiger charge is -2.23. The largest absolute Gasteiger partial charge is 0.384 e. The highest BCUT2D eigenvalue weighted by Crippen LogP contribution is 2.06. The zero-order chi connectivity index (χ0) is 12.1. The number of methoxy groups -OCH3 is 1. The van der Waals surface area contributed by atoms with Crippen LogP contribution in [-0.2, 0) is 4.74 Å². The molecule has 5 nitrogen and oxygen atoms in total. The Kier molecular flexibility index (Phi) is 4.25. The van der Waals surface area contributed by atoms with E-state index < -0.39 is 0 Å². The van der Waals surface area contributed by atoms with Crippen LogP contribution in [0.4, 0.5) is 5.82 Å². The molecule has 0 aliphatic heterocycles. The van der Waals surface area contributed by atoms with Crippen molar-refractivity contribution < 1.29 is 9.53 Å². The molecule has 0 spiro atoms. The second-order valence-electron chi connectivity index (χ2n) is 3.67. The van der Waals surface area contributed by atoms with Gasteiger partial charge in [0.15, 0.2) is 0 Å². The number of nitrogens with two attached hydrogens (primary N) is 1. The summed E-state index contributed by atoms with van der Waals surface area (Å²) in [5.41, 5.74) is 5.88. The first-order valence-corrected chi connectivity index (χ1v) is 5.05. The van der Waals surface area contributed by atoms with Crippen molar-refractivity contribution in [1.82, 2.24) is 9.88 Å². The number of hydrogen-bond acceptors (Lipinski definition) is 4. The Balaban J connectivity index is 2.77. The number of carbonyl (C=O) groups is 1. The average Bonchev–Trinajstić information content (AvgIpc) is 2.27. The molecule has 0 aliphatic carbocycles. The number of pyridine rings is 1. The lowest BCUT2D eigenvalue weighted by molar-refractivity contribution is 0.0628. The Morgan fingerprint density at radius 3 is 2.88 bits per heavy atom.